The number of carbonyl (C=O) groups is 1. The standard InChI is InChI=1S/C16H16ClN3OS/c1-11(13-8-5-6-10-18-13)15(21)20-16(22-2)19-14-9-4-3-7-12(14)17/h3-11H,1-2H3,(H,19,20,21). The van der Waals surface area contributed by atoms with Gasteiger partial charge in [0, 0.05) is 6.20 Å². The van der Waals surface area contributed by atoms with Crippen LogP contribution in [0.2, 0.25) is 5.02 Å². The summed E-state index contributed by atoms with van der Waals surface area (Å²) in [5, 5.41) is 3.86. The lowest BCUT2D eigenvalue weighted by Crippen LogP contribution is -2.32. The predicted octanol–water partition coefficient (Wildman–Crippen LogP) is 4.01. The molecule has 22 heavy (non-hydrogen) atoms. The lowest BCUT2D eigenvalue weighted by atomic mass is 10.1. The summed E-state index contributed by atoms with van der Waals surface area (Å²) >= 11 is 7.43. The maximum absolute atomic E-state index is 12.3. The fourth-order valence-electron chi connectivity index (χ4n) is 1.76. The van der Waals surface area contributed by atoms with Crippen LogP contribution in [0.3, 0.4) is 0 Å². The Labute approximate surface area is 139 Å². The third-order valence-corrected chi connectivity index (χ3v) is 3.92. The number of carbonyl (C=O) groups excluding carboxylic acids is 1. The smallest absolute Gasteiger partial charge is 0.234 e. The minimum Gasteiger partial charge on any atom is -0.305 e. The number of hydrogen-bond acceptors (Lipinski definition) is 4. The first-order chi connectivity index (χ1) is 10.6. The van der Waals surface area contributed by atoms with Gasteiger partial charge in [0.25, 0.3) is 0 Å². The summed E-state index contributed by atoms with van der Waals surface area (Å²) in [6.07, 6.45) is 3.52. The van der Waals surface area contributed by atoms with Crippen LogP contribution in [0.1, 0.15) is 18.5 Å². The van der Waals surface area contributed by atoms with Crippen molar-refractivity contribution in [3.05, 3.63) is 59.4 Å². The maximum atomic E-state index is 12.3. The van der Waals surface area contributed by atoms with E-state index in [1.807, 2.05) is 43.5 Å². The van der Waals surface area contributed by atoms with E-state index in [2.05, 4.69) is 15.3 Å². The van der Waals surface area contributed by atoms with E-state index < -0.39 is 0 Å². The highest BCUT2D eigenvalue weighted by molar-refractivity contribution is 8.13. The largest absolute Gasteiger partial charge is 0.305 e. The second-order valence-electron chi connectivity index (χ2n) is 4.54. The molecule has 0 aliphatic heterocycles. The Balaban J connectivity index is 2.13. The topological polar surface area (TPSA) is 54.4 Å². The fourth-order valence-corrected chi connectivity index (χ4v) is 2.33. The average molecular weight is 334 g/mol. The zero-order valence-corrected chi connectivity index (χ0v) is 13.9. The third kappa shape index (κ3) is 4.32. The van der Waals surface area contributed by atoms with Crippen LogP contribution >= 0.6 is 23.4 Å². The predicted molar refractivity (Wildman–Crippen MR) is 92.9 cm³/mol. The molecule has 0 spiro atoms. The van der Waals surface area contributed by atoms with Gasteiger partial charge in [0.1, 0.15) is 0 Å². The van der Waals surface area contributed by atoms with Gasteiger partial charge in [0.2, 0.25) is 5.91 Å². The van der Waals surface area contributed by atoms with Gasteiger partial charge < -0.3 is 5.32 Å². The Bertz CT molecular complexity index is 676. The van der Waals surface area contributed by atoms with Gasteiger partial charge in [-0.1, -0.05) is 41.6 Å². The summed E-state index contributed by atoms with van der Waals surface area (Å²) in [4.78, 5) is 20.9. The number of aliphatic imine (C=N–C) groups is 1. The number of amidine groups is 1. The molecule has 2 aromatic rings. The summed E-state index contributed by atoms with van der Waals surface area (Å²) in [7, 11) is 0. The Kier molecular flexibility index (Phi) is 5.98. The Morgan fingerprint density at radius 2 is 2.00 bits per heavy atom. The van der Waals surface area contributed by atoms with E-state index in [-0.39, 0.29) is 11.8 Å². The van der Waals surface area contributed by atoms with Crippen LogP contribution in [0, 0.1) is 0 Å². The molecule has 114 valence electrons. The van der Waals surface area contributed by atoms with Gasteiger partial charge in [0.15, 0.2) is 5.17 Å². The van der Waals surface area contributed by atoms with Gasteiger partial charge >= 0.3 is 0 Å². The van der Waals surface area contributed by atoms with Crippen LogP contribution in [0.5, 0.6) is 0 Å². The zero-order chi connectivity index (χ0) is 15.9. The average Bonchev–Trinajstić information content (AvgIpc) is 2.56. The number of rotatable bonds is 3. The van der Waals surface area contributed by atoms with Crippen molar-refractivity contribution in [3.8, 4) is 0 Å². The number of aromatic nitrogens is 1. The molecule has 2 rings (SSSR count). The highest BCUT2D eigenvalue weighted by Crippen LogP contribution is 2.24. The van der Waals surface area contributed by atoms with Gasteiger partial charge in [-0.25, -0.2) is 4.99 Å². The number of amides is 1. The molecule has 1 aromatic carbocycles. The summed E-state index contributed by atoms with van der Waals surface area (Å²) in [6.45, 7) is 1.81. The van der Waals surface area contributed by atoms with E-state index in [1.54, 1.807) is 18.3 Å². The molecule has 0 saturated carbocycles. The lowest BCUT2D eigenvalue weighted by molar-refractivity contribution is -0.120. The van der Waals surface area contributed by atoms with Crippen molar-refractivity contribution in [2.45, 2.75) is 12.8 Å². The van der Waals surface area contributed by atoms with Gasteiger partial charge in [-0.15, -0.1) is 0 Å². The molecule has 6 heteroatoms. The number of hydrogen-bond donors (Lipinski definition) is 1. The first-order valence-electron chi connectivity index (χ1n) is 6.71. The van der Waals surface area contributed by atoms with Crippen molar-refractivity contribution in [1.29, 1.82) is 0 Å². The molecule has 1 amide bonds. The Hall–Kier alpha value is -1.85. The van der Waals surface area contributed by atoms with Crippen molar-refractivity contribution < 1.29 is 4.79 Å². The van der Waals surface area contributed by atoms with Crippen molar-refractivity contribution >= 4 is 40.1 Å². The van der Waals surface area contributed by atoms with Gasteiger partial charge in [0.05, 0.1) is 22.3 Å². The van der Waals surface area contributed by atoms with Crippen molar-refractivity contribution in [1.82, 2.24) is 10.3 Å². The van der Waals surface area contributed by atoms with Gasteiger partial charge in [-0.3, -0.25) is 9.78 Å². The highest BCUT2D eigenvalue weighted by atomic mass is 35.5. The van der Waals surface area contributed by atoms with Crippen LogP contribution in [0.4, 0.5) is 5.69 Å². The number of nitrogens with zero attached hydrogens (tertiary/aromatic N) is 2. The zero-order valence-electron chi connectivity index (χ0n) is 12.3. The van der Waals surface area contributed by atoms with Gasteiger partial charge in [-0.05, 0) is 37.4 Å². The molecule has 1 heterocycles. The second-order valence-corrected chi connectivity index (χ2v) is 5.74. The maximum Gasteiger partial charge on any atom is 0.234 e. The van der Waals surface area contributed by atoms with Crippen LogP contribution in [0.15, 0.2) is 53.7 Å². The van der Waals surface area contributed by atoms with Crippen LogP contribution in [-0.4, -0.2) is 22.3 Å². The van der Waals surface area contributed by atoms with Crippen LogP contribution in [0.25, 0.3) is 0 Å². The number of benzene rings is 1. The van der Waals surface area contributed by atoms with Crippen molar-refractivity contribution in [2.24, 2.45) is 4.99 Å². The Morgan fingerprint density at radius 1 is 1.27 bits per heavy atom. The van der Waals surface area contributed by atoms with Gasteiger partial charge in [-0.2, -0.15) is 0 Å². The number of thioether (sulfide) groups is 1. The van der Waals surface area contributed by atoms with Crippen LogP contribution in [-0.2, 0) is 4.79 Å². The molecule has 0 fully saturated rings. The van der Waals surface area contributed by atoms with E-state index in [0.717, 1.165) is 5.69 Å². The first kappa shape index (κ1) is 16.5. The molecular weight excluding hydrogens is 318 g/mol. The summed E-state index contributed by atoms with van der Waals surface area (Å²) in [5.74, 6) is -0.511. The molecule has 0 bridgehead atoms. The molecule has 0 aliphatic carbocycles. The number of halogens is 1. The second kappa shape index (κ2) is 7.96. The summed E-state index contributed by atoms with van der Waals surface area (Å²) in [5.41, 5.74) is 1.34. The SMILES string of the molecule is CSC(=Nc1ccccc1Cl)NC(=O)C(C)c1ccccn1. The highest BCUT2D eigenvalue weighted by Gasteiger charge is 2.17. The molecule has 1 N–H and O–H groups in total. The number of nitrogens with one attached hydrogen (secondary N) is 1. The number of para-hydroxylation sites is 1. The normalized spacial score (nSPS) is 12.8. The molecular formula is C16H16ClN3OS. The summed E-state index contributed by atoms with van der Waals surface area (Å²) < 4.78 is 0. The van der Waals surface area contributed by atoms with E-state index in [9.17, 15) is 4.79 Å². The first-order valence-corrected chi connectivity index (χ1v) is 8.31. The fraction of sp³-hybridized carbons (Fsp3) is 0.188. The molecule has 0 saturated heterocycles. The monoisotopic (exact) mass is 333 g/mol. The van der Waals surface area contributed by atoms with E-state index in [4.69, 9.17) is 11.6 Å². The van der Waals surface area contributed by atoms with Crippen molar-refractivity contribution in [2.75, 3.05) is 6.26 Å². The lowest BCUT2D eigenvalue weighted by Gasteiger charge is -2.12. The van der Waals surface area contributed by atoms with E-state index in [0.29, 0.717) is 15.9 Å². The molecule has 1 atom stereocenters. The van der Waals surface area contributed by atoms with Crippen molar-refractivity contribution in [3.63, 3.8) is 0 Å². The minimum atomic E-state index is -0.357. The molecule has 0 radical (unpaired) electrons. The quantitative estimate of drug-likeness (QED) is 0.682. The van der Waals surface area contributed by atoms with E-state index >= 15 is 0 Å². The Morgan fingerprint density at radius 3 is 2.64 bits per heavy atom. The molecule has 4 nitrogen and oxygen atoms in total. The van der Waals surface area contributed by atoms with Crippen LogP contribution < -0.4 is 5.32 Å². The third-order valence-electron chi connectivity index (χ3n) is 3.02. The van der Waals surface area contributed by atoms with E-state index in [1.165, 1.54) is 11.8 Å². The molecule has 1 aromatic heterocycles. The minimum absolute atomic E-state index is 0.154. The number of pyridine rings is 1. The summed E-state index contributed by atoms with van der Waals surface area (Å²) in [6, 6.07) is 12.8. The molecule has 1 unspecified atom stereocenters. The molecule has 0 aliphatic rings.